The highest BCUT2D eigenvalue weighted by atomic mass is 16.6. The molecule has 4 bridgehead atoms. The van der Waals surface area contributed by atoms with Gasteiger partial charge >= 0.3 is 23.9 Å². The summed E-state index contributed by atoms with van der Waals surface area (Å²) < 4.78 is 31.0. The minimum atomic E-state index is -1.68. The quantitative estimate of drug-likeness (QED) is 0.303. The summed E-state index contributed by atoms with van der Waals surface area (Å²) in [5.41, 5.74) is -6.86. The van der Waals surface area contributed by atoms with Crippen LogP contribution in [0.2, 0.25) is 0 Å². The zero-order chi connectivity index (χ0) is 30.3. The maximum absolute atomic E-state index is 14.3. The van der Waals surface area contributed by atoms with Crippen molar-refractivity contribution in [1.82, 2.24) is 0 Å². The number of aliphatic hydroxyl groups is 1. The van der Waals surface area contributed by atoms with Gasteiger partial charge in [0.15, 0.2) is 0 Å². The van der Waals surface area contributed by atoms with E-state index in [1.54, 1.807) is 6.92 Å². The maximum atomic E-state index is 14.3. The van der Waals surface area contributed by atoms with Crippen LogP contribution in [-0.4, -0.2) is 71.2 Å². The Morgan fingerprint density at radius 3 is 2.24 bits per heavy atom. The molecule has 0 unspecified atom stereocenters. The summed E-state index contributed by atoms with van der Waals surface area (Å²) in [4.78, 5) is 51.1. The Balaban J connectivity index is 1.65. The highest BCUT2D eigenvalue weighted by Gasteiger charge is 2.95. The standard InChI is InChI=1S/C31H42O10/c1-15-12-31-26(7,13-19-21-25(5,6)20(38-17(3)33)10-11-29(21,31)24(35)40-19)30(14-37-16(2)32)23(41-31)28(9,36)22(27(15,30)8)39-18(4)34/h12,19-23,36H,10-11,13-14H2,1-9H3/t19-,20-,21-,22+,23+,26+,27-,28+,29+,30-,31-/m0/s1. The van der Waals surface area contributed by atoms with Gasteiger partial charge < -0.3 is 28.8 Å². The molecule has 6 aliphatic rings. The Hall–Kier alpha value is -2.46. The molecule has 0 amide bonds. The second kappa shape index (κ2) is 7.92. The third kappa shape index (κ3) is 2.78. The molecule has 1 N–H and O–H groups in total. The van der Waals surface area contributed by atoms with E-state index < -0.39 is 74.6 Å². The van der Waals surface area contributed by atoms with Gasteiger partial charge in [-0.3, -0.25) is 19.2 Å². The number of carbonyl (C=O) groups is 4. The van der Waals surface area contributed by atoms with Gasteiger partial charge in [0.1, 0.15) is 47.6 Å². The highest BCUT2D eigenvalue weighted by Crippen LogP contribution is 2.86. The molecule has 2 heterocycles. The van der Waals surface area contributed by atoms with Crippen LogP contribution in [0, 0.1) is 33.0 Å². The van der Waals surface area contributed by atoms with Crippen LogP contribution in [0.1, 0.15) is 81.6 Å². The molecule has 0 aromatic carbocycles. The lowest BCUT2D eigenvalue weighted by Crippen LogP contribution is -2.75. The Labute approximate surface area is 240 Å². The van der Waals surface area contributed by atoms with Gasteiger partial charge in [0.05, 0.1) is 5.41 Å². The molecule has 3 saturated carbocycles. The number of hydrogen-bond acceptors (Lipinski definition) is 10. The van der Waals surface area contributed by atoms with Crippen LogP contribution in [0.4, 0.5) is 0 Å². The molecule has 0 aromatic heterocycles. The molecule has 226 valence electrons. The fourth-order valence-electron chi connectivity index (χ4n) is 11.3. The Kier molecular flexibility index (Phi) is 5.54. The number of rotatable bonds is 4. The summed E-state index contributed by atoms with van der Waals surface area (Å²) in [6, 6.07) is 0. The largest absolute Gasteiger partial charge is 0.465 e. The van der Waals surface area contributed by atoms with Crippen molar-refractivity contribution in [2.24, 2.45) is 33.0 Å². The number of carbonyl (C=O) groups excluding carboxylic acids is 4. The number of hydrogen-bond donors (Lipinski definition) is 1. The van der Waals surface area contributed by atoms with Crippen LogP contribution in [0.25, 0.3) is 0 Å². The molecular formula is C31H42O10. The average molecular weight is 575 g/mol. The number of esters is 4. The van der Waals surface area contributed by atoms with Crippen molar-refractivity contribution in [2.75, 3.05) is 6.61 Å². The molecule has 0 spiro atoms. The van der Waals surface area contributed by atoms with Gasteiger partial charge in [-0.2, -0.15) is 0 Å². The Morgan fingerprint density at radius 1 is 1.02 bits per heavy atom. The fourth-order valence-corrected chi connectivity index (χ4v) is 11.3. The van der Waals surface area contributed by atoms with Crippen LogP contribution in [-0.2, 0) is 42.9 Å². The van der Waals surface area contributed by atoms with E-state index in [0.717, 1.165) is 5.57 Å². The molecule has 2 saturated heterocycles. The molecule has 2 aliphatic heterocycles. The van der Waals surface area contributed by atoms with Gasteiger partial charge in [0.25, 0.3) is 0 Å². The van der Waals surface area contributed by atoms with Gasteiger partial charge in [-0.1, -0.05) is 39.3 Å². The summed E-state index contributed by atoms with van der Waals surface area (Å²) in [5.74, 6) is -2.09. The zero-order valence-corrected chi connectivity index (χ0v) is 25.4. The smallest absolute Gasteiger partial charge is 0.316 e. The summed E-state index contributed by atoms with van der Waals surface area (Å²) in [5, 5.41) is 12.3. The molecular weight excluding hydrogens is 532 g/mol. The first-order valence-electron chi connectivity index (χ1n) is 14.6. The van der Waals surface area contributed by atoms with Gasteiger partial charge in [0.2, 0.25) is 0 Å². The predicted octanol–water partition coefficient (Wildman–Crippen LogP) is 3.03. The minimum Gasteiger partial charge on any atom is -0.465 e. The predicted molar refractivity (Wildman–Crippen MR) is 142 cm³/mol. The lowest BCUT2D eigenvalue weighted by atomic mass is 9.33. The Bertz CT molecular complexity index is 1300. The summed E-state index contributed by atoms with van der Waals surface area (Å²) in [7, 11) is 0. The first-order valence-corrected chi connectivity index (χ1v) is 14.6. The topological polar surface area (TPSA) is 135 Å². The van der Waals surface area contributed by atoms with Crippen LogP contribution in [0.3, 0.4) is 0 Å². The van der Waals surface area contributed by atoms with E-state index in [2.05, 4.69) is 6.92 Å². The van der Waals surface area contributed by atoms with Gasteiger partial charge in [0, 0.05) is 42.9 Å². The Morgan fingerprint density at radius 2 is 1.66 bits per heavy atom. The van der Waals surface area contributed by atoms with Crippen molar-refractivity contribution in [2.45, 2.75) is 117 Å². The van der Waals surface area contributed by atoms with E-state index in [1.165, 1.54) is 20.8 Å². The second-order valence-electron chi connectivity index (χ2n) is 14.6. The second-order valence-corrected chi connectivity index (χ2v) is 14.6. The molecule has 6 rings (SSSR count). The van der Waals surface area contributed by atoms with Crippen molar-refractivity contribution < 1.29 is 48.0 Å². The number of ether oxygens (including phenoxy) is 5. The lowest BCUT2D eigenvalue weighted by Gasteiger charge is -2.68. The third-order valence-corrected chi connectivity index (χ3v) is 12.6. The van der Waals surface area contributed by atoms with E-state index >= 15 is 0 Å². The van der Waals surface area contributed by atoms with Crippen LogP contribution in [0.15, 0.2) is 11.6 Å². The first kappa shape index (κ1) is 28.6. The van der Waals surface area contributed by atoms with Crippen LogP contribution >= 0.6 is 0 Å². The monoisotopic (exact) mass is 574 g/mol. The van der Waals surface area contributed by atoms with Crippen molar-refractivity contribution in [1.29, 1.82) is 0 Å². The van der Waals surface area contributed by atoms with Gasteiger partial charge in [-0.15, -0.1) is 0 Å². The van der Waals surface area contributed by atoms with E-state index in [1.807, 2.05) is 33.8 Å². The van der Waals surface area contributed by atoms with Gasteiger partial charge in [-0.05, 0) is 33.1 Å². The zero-order valence-electron chi connectivity index (χ0n) is 25.4. The fraction of sp³-hybridized carbons (Fsp3) is 0.806. The van der Waals surface area contributed by atoms with Crippen LogP contribution in [0.5, 0.6) is 0 Å². The highest BCUT2D eigenvalue weighted by molar-refractivity contribution is 5.85. The molecule has 11 atom stereocenters. The summed E-state index contributed by atoms with van der Waals surface area (Å²) >= 11 is 0. The third-order valence-electron chi connectivity index (χ3n) is 12.6. The average Bonchev–Trinajstić information content (AvgIpc) is 3.25. The molecule has 10 nitrogen and oxygen atoms in total. The van der Waals surface area contributed by atoms with E-state index in [4.69, 9.17) is 23.7 Å². The first-order chi connectivity index (χ1) is 18.8. The molecule has 0 radical (unpaired) electrons. The normalized spacial score (nSPS) is 51.6. The lowest BCUT2D eigenvalue weighted by molar-refractivity contribution is -0.259. The molecule has 0 aromatic rings. The molecule has 41 heavy (non-hydrogen) atoms. The van der Waals surface area contributed by atoms with Crippen molar-refractivity contribution in [3.05, 3.63) is 11.6 Å². The van der Waals surface area contributed by atoms with Crippen LogP contribution < -0.4 is 0 Å². The summed E-state index contributed by atoms with van der Waals surface area (Å²) in [6.45, 7) is 15.5. The van der Waals surface area contributed by atoms with E-state index in [9.17, 15) is 24.3 Å². The molecule has 5 fully saturated rings. The summed E-state index contributed by atoms with van der Waals surface area (Å²) in [6.07, 6.45) is 0.297. The van der Waals surface area contributed by atoms with Crippen molar-refractivity contribution >= 4 is 23.9 Å². The van der Waals surface area contributed by atoms with E-state index in [0.29, 0.717) is 19.3 Å². The SMILES string of the molecule is CC(=O)OC[C@@]12[C@@H]3O[C@@]4(C=C(C)[C@@]1(C)[C@@H](OC(C)=O)[C@@]3(C)O)[C@]2(C)C[C@@H]1OC(=O)[C@]42CC[C@H](OC(C)=O)C(C)(C)[C@H]12. The molecule has 10 heteroatoms. The minimum absolute atomic E-state index is 0.0953. The maximum Gasteiger partial charge on any atom is 0.316 e. The van der Waals surface area contributed by atoms with Crippen molar-refractivity contribution in [3.8, 4) is 0 Å². The van der Waals surface area contributed by atoms with E-state index in [-0.39, 0.29) is 24.5 Å². The molecule has 4 aliphatic carbocycles. The van der Waals surface area contributed by atoms with Crippen molar-refractivity contribution in [3.63, 3.8) is 0 Å². The van der Waals surface area contributed by atoms with Gasteiger partial charge in [-0.25, -0.2) is 0 Å².